The van der Waals surface area contributed by atoms with Crippen LogP contribution in [0.5, 0.6) is 0 Å². The average Bonchev–Trinajstić information content (AvgIpc) is 1.91. The smallest absolute Gasteiger partial charge is 0.145 e. The van der Waals surface area contributed by atoms with Gasteiger partial charge in [0, 0.05) is 13.1 Å². The first-order valence-corrected chi connectivity index (χ1v) is 2.29. The summed E-state index contributed by atoms with van der Waals surface area (Å²) in [5, 5.41) is 2.57. The number of hydrogen-bond donors (Lipinski definition) is 1. The van der Waals surface area contributed by atoms with Crippen LogP contribution in [-0.4, -0.2) is 25.4 Å². The van der Waals surface area contributed by atoms with Crippen molar-refractivity contribution in [3.63, 3.8) is 0 Å². The molecule has 3 heteroatoms. The van der Waals surface area contributed by atoms with Crippen molar-refractivity contribution in [2.75, 3.05) is 13.1 Å². The van der Waals surface area contributed by atoms with Gasteiger partial charge in [-0.2, -0.15) is 0 Å². The maximum atomic E-state index is 11.9. The highest BCUT2D eigenvalue weighted by molar-refractivity contribution is 4.79. The zero-order valence-corrected chi connectivity index (χ0v) is 3.82. The summed E-state index contributed by atoms with van der Waals surface area (Å²) in [6, 6.07) is 0. The van der Waals surface area contributed by atoms with Crippen LogP contribution < -0.4 is 5.32 Å². The van der Waals surface area contributed by atoms with Gasteiger partial charge in [0.05, 0.1) is 0 Å². The predicted octanol–water partition coefficient (Wildman–Crippen LogP) is 0.266. The standard InChI is InChI=1S/C4H7F2N/c5-3-1-7-2-4(3)6/h3-4,7H,1-2H2/t3-,4+. The topological polar surface area (TPSA) is 12.0 Å². The van der Waals surface area contributed by atoms with E-state index in [1.165, 1.54) is 0 Å². The molecule has 0 amide bonds. The fourth-order valence-electron chi connectivity index (χ4n) is 0.615. The van der Waals surface area contributed by atoms with Crippen molar-refractivity contribution in [1.82, 2.24) is 5.32 Å². The fourth-order valence-corrected chi connectivity index (χ4v) is 0.615. The lowest BCUT2D eigenvalue weighted by Gasteiger charge is -1.95. The molecule has 0 aromatic carbocycles. The van der Waals surface area contributed by atoms with Gasteiger partial charge in [0.25, 0.3) is 0 Å². The highest BCUT2D eigenvalue weighted by Crippen LogP contribution is 2.06. The van der Waals surface area contributed by atoms with Gasteiger partial charge in [0.15, 0.2) is 0 Å². The zero-order chi connectivity index (χ0) is 5.28. The van der Waals surface area contributed by atoms with Gasteiger partial charge in [0.1, 0.15) is 12.3 Å². The lowest BCUT2D eigenvalue weighted by atomic mass is 10.3. The summed E-state index contributed by atoms with van der Waals surface area (Å²) in [6.07, 6.45) is -2.53. The molecule has 1 aliphatic rings. The minimum atomic E-state index is -1.26. The molecule has 1 nitrogen and oxygen atoms in total. The maximum absolute atomic E-state index is 11.9. The molecule has 7 heavy (non-hydrogen) atoms. The second-order valence-corrected chi connectivity index (χ2v) is 1.69. The van der Waals surface area contributed by atoms with E-state index in [1.54, 1.807) is 0 Å². The Morgan fingerprint density at radius 2 is 1.57 bits per heavy atom. The van der Waals surface area contributed by atoms with Crippen molar-refractivity contribution in [3.05, 3.63) is 0 Å². The summed E-state index contributed by atoms with van der Waals surface area (Å²) < 4.78 is 23.8. The number of halogens is 2. The third-order valence-electron chi connectivity index (χ3n) is 1.07. The van der Waals surface area contributed by atoms with Crippen LogP contribution in [0.1, 0.15) is 0 Å². The van der Waals surface area contributed by atoms with Crippen LogP contribution in [0.25, 0.3) is 0 Å². The molecule has 0 aromatic heterocycles. The second kappa shape index (κ2) is 1.74. The molecule has 0 saturated carbocycles. The number of nitrogens with one attached hydrogen (secondary N) is 1. The van der Waals surface area contributed by atoms with E-state index in [4.69, 9.17) is 0 Å². The number of alkyl halides is 2. The molecule has 2 atom stereocenters. The molecule has 1 fully saturated rings. The van der Waals surface area contributed by atoms with E-state index in [0.29, 0.717) is 0 Å². The molecular weight excluding hydrogens is 100 g/mol. The van der Waals surface area contributed by atoms with Crippen molar-refractivity contribution >= 4 is 0 Å². The Morgan fingerprint density at radius 3 is 1.71 bits per heavy atom. The third-order valence-corrected chi connectivity index (χ3v) is 1.07. The summed E-state index contributed by atoms with van der Waals surface area (Å²) in [6.45, 7) is 0.363. The van der Waals surface area contributed by atoms with Crippen LogP contribution >= 0.6 is 0 Å². The van der Waals surface area contributed by atoms with Crippen LogP contribution in [0.3, 0.4) is 0 Å². The summed E-state index contributed by atoms with van der Waals surface area (Å²) in [5.74, 6) is 0. The van der Waals surface area contributed by atoms with Gasteiger partial charge in [0.2, 0.25) is 0 Å². The third kappa shape index (κ3) is 0.881. The van der Waals surface area contributed by atoms with Gasteiger partial charge >= 0.3 is 0 Å². The largest absolute Gasteiger partial charge is 0.311 e. The number of rotatable bonds is 0. The Kier molecular flexibility index (Phi) is 1.23. The SMILES string of the molecule is F[C@@H]1CNC[C@@H]1F. The van der Waals surface area contributed by atoms with Crippen molar-refractivity contribution < 1.29 is 8.78 Å². The Morgan fingerprint density at radius 1 is 1.14 bits per heavy atom. The quantitative estimate of drug-likeness (QED) is 0.468. The van der Waals surface area contributed by atoms with Crippen LogP contribution in [0, 0.1) is 0 Å². The molecule has 1 aliphatic heterocycles. The summed E-state index contributed by atoms with van der Waals surface area (Å²) in [7, 11) is 0. The first kappa shape index (κ1) is 4.97. The van der Waals surface area contributed by atoms with E-state index in [1.807, 2.05) is 0 Å². The van der Waals surface area contributed by atoms with Gasteiger partial charge in [-0.15, -0.1) is 0 Å². The molecule has 1 saturated heterocycles. The van der Waals surface area contributed by atoms with Crippen LogP contribution in [0.15, 0.2) is 0 Å². The van der Waals surface area contributed by atoms with E-state index in [9.17, 15) is 8.78 Å². The minimum Gasteiger partial charge on any atom is -0.311 e. The highest BCUT2D eigenvalue weighted by Gasteiger charge is 2.25. The van der Waals surface area contributed by atoms with E-state index in [2.05, 4.69) is 5.32 Å². The summed E-state index contributed by atoms with van der Waals surface area (Å²) >= 11 is 0. The normalized spacial score (nSPS) is 42.0. The average molecular weight is 107 g/mol. The van der Waals surface area contributed by atoms with Crippen LogP contribution in [0.2, 0.25) is 0 Å². The van der Waals surface area contributed by atoms with Crippen molar-refractivity contribution in [1.29, 1.82) is 0 Å². The molecule has 0 radical (unpaired) electrons. The van der Waals surface area contributed by atoms with Gasteiger partial charge in [-0.1, -0.05) is 0 Å². The predicted molar refractivity (Wildman–Crippen MR) is 22.7 cm³/mol. The molecule has 0 bridgehead atoms. The van der Waals surface area contributed by atoms with Gasteiger partial charge < -0.3 is 5.32 Å². The van der Waals surface area contributed by atoms with Crippen LogP contribution in [-0.2, 0) is 0 Å². The van der Waals surface area contributed by atoms with E-state index >= 15 is 0 Å². The van der Waals surface area contributed by atoms with E-state index in [-0.39, 0.29) is 13.1 Å². The molecule has 1 N–H and O–H groups in total. The molecule has 0 spiro atoms. The number of hydrogen-bond acceptors (Lipinski definition) is 1. The molecule has 0 unspecified atom stereocenters. The lowest BCUT2D eigenvalue weighted by molar-refractivity contribution is 0.217. The molecule has 0 aromatic rings. The summed E-state index contributed by atoms with van der Waals surface area (Å²) in [5.41, 5.74) is 0. The molecule has 42 valence electrons. The zero-order valence-electron chi connectivity index (χ0n) is 3.82. The van der Waals surface area contributed by atoms with Crippen molar-refractivity contribution in [2.45, 2.75) is 12.3 Å². The maximum Gasteiger partial charge on any atom is 0.145 e. The fraction of sp³-hybridized carbons (Fsp3) is 1.00. The molecule has 1 rings (SSSR count). The van der Waals surface area contributed by atoms with E-state index in [0.717, 1.165) is 0 Å². The monoisotopic (exact) mass is 107 g/mol. The minimum absolute atomic E-state index is 0.182. The van der Waals surface area contributed by atoms with Gasteiger partial charge in [-0.3, -0.25) is 0 Å². The Balaban J connectivity index is 2.33. The Hall–Kier alpha value is -0.180. The molecular formula is C4H7F2N. The van der Waals surface area contributed by atoms with E-state index < -0.39 is 12.3 Å². The molecule has 0 aliphatic carbocycles. The summed E-state index contributed by atoms with van der Waals surface area (Å²) in [4.78, 5) is 0. The Bertz CT molecular complexity index is 58.7. The molecule has 1 heterocycles. The highest BCUT2D eigenvalue weighted by atomic mass is 19.2. The second-order valence-electron chi connectivity index (χ2n) is 1.69. The lowest BCUT2D eigenvalue weighted by Crippen LogP contribution is -2.12. The Labute approximate surface area is 40.7 Å². The first-order chi connectivity index (χ1) is 3.30. The van der Waals surface area contributed by atoms with Crippen LogP contribution in [0.4, 0.5) is 8.78 Å². The first-order valence-electron chi connectivity index (χ1n) is 2.29. The van der Waals surface area contributed by atoms with Crippen molar-refractivity contribution in [3.8, 4) is 0 Å². The van der Waals surface area contributed by atoms with Gasteiger partial charge in [-0.25, -0.2) is 8.78 Å². The van der Waals surface area contributed by atoms with Crippen molar-refractivity contribution in [2.24, 2.45) is 0 Å². The van der Waals surface area contributed by atoms with Gasteiger partial charge in [-0.05, 0) is 0 Å².